The van der Waals surface area contributed by atoms with E-state index in [1.807, 2.05) is 0 Å². The number of aromatic nitrogens is 2. The molecule has 0 radical (unpaired) electrons. The molecular weight excluding hydrogens is 268 g/mol. The second kappa shape index (κ2) is 5.25. The van der Waals surface area contributed by atoms with Crippen LogP contribution in [0.3, 0.4) is 0 Å². The Morgan fingerprint density at radius 3 is 2.81 bits per heavy atom. The number of piperidine rings is 1. The van der Waals surface area contributed by atoms with Crippen LogP contribution in [0, 0.1) is 5.41 Å². The fourth-order valence-corrected chi connectivity index (χ4v) is 2.76. The third-order valence-electron chi connectivity index (χ3n) is 4.00. The number of fused-ring (bicyclic) bond motifs is 1. The van der Waals surface area contributed by atoms with Gasteiger partial charge in [-0.2, -0.15) is 0 Å². The zero-order valence-corrected chi connectivity index (χ0v) is 12.0. The average Bonchev–Trinajstić information content (AvgIpc) is 2.78. The molecule has 0 spiro atoms. The quantitative estimate of drug-likeness (QED) is 0.384. The van der Waals surface area contributed by atoms with E-state index in [1.165, 1.54) is 0 Å². The summed E-state index contributed by atoms with van der Waals surface area (Å²) in [6.07, 6.45) is 2.03. The predicted molar refractivity (Wildman–Crippen MR) is 82.1 cm³/mol. The van der Waals surface area contributed by atoms with Gasteiger partial charge in [-0.1, -0.05) is 6.07 Å². The standard InChI is InChI=1S/C14H20N6O/c1-19-7-5-9(6-8-19)17-14-18-11-4-2-3-10(13(15)16)12(11)20(14)21/h2-4,9,21H,5-8H2,1H3,(H3,15,16)(H,17,18). The molecule has 5 N–H and O–H groups in total. The first-order chi connectivity index (χ1) is 10.1. The minimum absolute atomic E-state index is 0.0818. The van der Waals surface area contributed by atoms with Crippen LogP contribution in [0.15, 0.2) is 18.2 Å². The maximum absolute atomic E-state index is 10.3. The first-order valence-corrected chi connectivity index (χ1v) is 7.06. The summed E-state index contributed by atoms with van der Waals surface area (Å²) >= 11 is 0. The number of benzene rings is 1. The van der Waals surface area contributed by atoms with Crippen molar-refractivity contribution in [2.45, 2.75) is 18.9 Å². The lowest BCUT2D eigenvalue weighted by Crippen LogP contribution is -2.37. The number of nitrogens with one attached hydrogen (secondary N) is 2. The summed E-state index contributed by atoms with van der Waals surface area (Å²) in [4.78, 5) is 6.69. The number of para-hydroxylation sites is 1. The van der Waals surface area contributed by atoms with Crippen LogP contribution in [0.25, 0.3) is 11.0 Å². The summed E-state index contributed by atoms with van der Waals surface area (Å²) in [5.41, 5.74) is 7.15. The van der Waals surface area contributed by atoms with Crippen molar-refractivity contribution >= 4 is 22.8 Å². The van der Waals surface area contributed by atoms with Gasteiger partial charge in [-0.15, -0.1) is 4.73 Å². The molecule has 1 aromatic heterocycles. The summed E-state index contributed by atoms with van der Waals surface area (Å²) < 4.78 is 1.00. The number of hydrogen-bond acceptors (Lipinski definition) is 5. The van der Waals surface area contributed by atoms with Crippen LogP contribution in [-0.4, -0.2) is 51.8 Å². The van der Waals surface area contributed by atoms with Gasteiger partial charge in [0, 0.05) is 11.6 Å². The number of rotatable bonds is 3. The highest BCUT2D eigenvalue weighted by atomic mass is 16.5. The van der Waals surface area contributed by atoms with Crippen molar-refractivity contribution in [1.82, 2.24) is 14.6 Å². The van der Waals surface area contributed by atoms with Crippen LogP contribution < -0.4 is 11.1 Å². The molecule has 1 aromatic carbocycles. The van der Waals surface area contributed by atoms with Gasteiger partial charge in [0.05, 0.1) is 5.52 Å². The molecule has 112 valence electrons. The van der Waals surface area contributed by atoms with E-state index in [0.29, 0.717) is 28.6 Å². The summed E-state index contributed by atoms with van der Waals surface area (Å²) in [7, 11) is 2.11. The minimum atomic E-state index is -0.0818. The fraction of sp³-hybridized carbons (Fsp3) is 0.429. The van der Waals surface area contributed by atoms with Crippen LogP contribution in [0.2, 0.25) is 0 Å². The molecular formula is C14H20N6O. The van der Waals surface area contributed by atoms with Crippen LogP contribution in [0.1, 0.15) is 18.4 Å². The first kappa shape index (κ1) is 13.7. The Labute approximate surface area is 122 Å². The monoisotopic (exact) mass is 288 g/mol. The molecule has 7 nitrogen and oxygen atoms in total. The average molecular weight is 288 g/mol. The normalized spacial score (nSPS) is 17.2. The Kier molecular flexibility index (Phi) is 3.42. The molecule has 1 aliphatic heterocycles. The van der Waals surface area contributed by atoms with Gasteiger partial charge in [0.15, 0.2) is 0 Å². The van der Waals surface area contributed by atoms with Crippen molar-refractivity contribution in [3.05, 3.63) is 23.8 Å². The predicted octanol–water partition coefficient (Wildman–Crippen LogP) is 1.06. The summed E-state index contributed by atoms with van der Waals surface area (Å²) in [5, 5.41) is 21.2. The van der Waals surface area contributed by atoms with Gasteiger partial charge >= 0.3 is 0 Å². The molecule has 0 amide bonds. The topological polar surface area (TPSA) is 103 Å². The van der Waals surface area contributed by atoms with E-state index in [-0.39, 0.29) is 5.84 Å². The summed E-state index contributed by atoms with van der Waals surface area (Å²) in [6.45, 7) is 2.06. The highest BCUT2D eigenvalue weighted by Gasteiger charge is 2.20. The van der Waals surface area contributed by atoms with Crippen molar-refractivity contribution in [2.24, 2.45) is 5.73 Å². The molecule has 1 fully saturated rings. The second-order valence-electron chi connectivity index (χ2n) is 5.56. The van der Waals surface area contributed by atoms with Crippen LogP contribution in [0.5, 0.6) is 0 Å². The summed E-state index contributed by atoms with van der Waals surface area (Å²) in [6, 6.07) is 5.59. The van der Waals surface area contributed by atoms with Gasteiger partial charge in [0.2, 0.25) is 5.95 Å². The van der Waals surface area contributed by atoms with E-state index in [4.69, 9.17) is 11.1 Å². The van der Waals surface area contributed by atoms with Gasteiger partial charge < -0.3 is 21.2 Å². The van der Waals surface area contributed by atoms with Gasteiger partial charge in [-0.3, -0.25) is 5.41 Å². The van der Waals surface area contributed by atoms with Crippen LogP contribution in [0.4, 0.5) is 5.95 Å². The number of nitrogen functional groups attached to an aromatic ring is 1. The molecule has 1 saturated heterocycles. The lowest BCUT2D eigenvalue weighted by molar-refractivity contribution is 0.201. The molecule has 3 rings (SSSR count). The zero-order valence-electron chi connectivity index (χ0n) is 12.0. The zero-order chi connectivity index (χ0) is 15.0. The molecule has 2 heterocycles. The summed E-state index contributed by atoms with van der Waals surface area (Å²) in [5.74, 6) is 0.329. The lowest BCUT2D eigenvalue weighted by Gasteiger charge is -2.29. The minimum Gasteiger partial charge on any atom is -0.425 e. The van der Waals surface area contributed by atoms with Gasteiger partial charge in [-0.05, 0) is 45.1 Å². The number of hydrogen-bond donors (Lipinski definition) is 4. The van der Waals surface area contributed by atoms with Crippen molar-refractivity contribution in [3.8, 4) is 0 Å². The number of anilines is 1. The molecule has 2 aromatic rings. The van der Waals surface area contributed by atoms with E-state index < -0.39 is 0 Å². The molecule has 7 heteroatoms. The van der Waals surface area contributed by atoms with Crippen molar-refractivity contribution in [3.63, 3.8) is 0 Å². The highest BCUT2D eigenvalue weighted by Crippen LogP contribution is 2.23. The number of likely N-dealkylation sites (tertiary alicyclic amines) is 1. The van der Waals surface area contributed by atoms with E-state index >= 15 is 0 Å². The van der Waals surface area contributed by atoms with E-state index in [0.717, 1.165) is 30.7 Å². The third-order valence-corrected chi connectivity index (χ3v) is 4.00. The number of imidazole rings is 1. The largest absolute Gasteiger partial charge is 0.425 e. The SMILES string of the molecule is CN1CCC(Nc2nc3cccc(C(=N)N)c3n2O)CC1. The molecule has 0 atom stereocenters. The van der Waals surface area contributed by atoms with Crippen molar-refractivity contribution in [1.29, 1.82) is 5.41 Å². The Morgan fingerprint density at radius 1 is 1.43 bits per heavy atom. The van der Waals surface area contributed by atoms with Crippen LogP contribution in [-0.2, 0) is 0 Å². The number of nitrogens with zero attached hydrogens (tertiary/aromatic N) is 3. The Bertz CT molecular complexity index is 671. The van der Waals surface area contributed by atoms with E-state index in [1.54, 1.807) is 18.2 Å². The lowest BCUT2D eigenvalue weighted by atomic mass is 10.1. The third kappa shape index (κ3) is 2.52. The Morgan fingerprint density at radius 2 is 2.14 bits per heavy atom. The molecule has 1 aliphatic rings. The number of amidine groups is 1. The molecule has 0 bridgehead atoms. The maximum atomic E-state index is 10.3. The van der Waals surface area contributed by atoms with Gasteiger partial charge in [0.1, 0.15) is 11.4 Å². The van der Waals surface area contributed by atoms with Crippen LogP contribution >= 0.6 is 0 Å². The fourth-order valence-electron chi connectivity index (χ4n) is 2.76. The smallest absolute Gasteiger partial charge is 0.237 e. The maximum Gasteiger partial charge on any atom is 0.237 e. The Hall–Kier alpha value is -2.28. The molecule has 0 aliphatic carbocycles. The second-order valence-corrected chi connectivity index (χ2v) is 5.56. The molecule has 21 heavy (non-hydrogen) atoms. The Balaban J connectivity index is 1.91. The van der Waals surface area contributed by atoms with Gasteiger partial charge in [-0.25, -0.2) is 4.98 Å². The molecule has 0 saturated carbocycles. The highest BCUT2D eigenvalue weighted by molar-refractivity contribution is 6.06. The van der Waals surface area contributed by atoms with Gasteiger partial charge in [0.25, 0.3) is 0 Å². The van der Waals surface area contributed by atoms with E-state index in [2.05, 4.69) is 22.2 Å². The van der Waals surface area contributed by atoms with Crippen molar-refractivity contribution < 1.29 is 5.21 Å². The van der Waals surface area contributed by atoms with E-state index in [9.17, 15) is 5.21 Å². The van der Waals surface area contributed by atoms with Crippen molar-refractivity contribution in [2.75, 3.05) is 25.5 Å². The molecule has 0 unspecified atom stereocenters. The number of nitrogens with two attached hydrogens (primary N) is 1. The first-order valence-electron chi connectivity index (χ1n) is 7.06.